The fraction of sp³-hybridized carbons (Fsp3) is 0.458. The first-order valence-electron chi connectivity index (χ1n) is 11.6. The summed E-state index contributed by atoms with van der Waals surface area (Å²) in [4.78, 5) is 41.4. The van der Waals surface area contributed by atoms with Crippen molar-refractivity contribution in [2.45, 2.75) is 52.1 Å². The SMILES string of the molecule is COc1cc(C(=O)N2C[C@@H](C)O[C@@H](C)C2)cnc1N[C@@H](C)c1cc2c(=O)[nH]c(C)nc2nc1C(F)(F)F. The van der Waals surface area contributed by atoms with E-state index >= 15 is 0 Å². The van der Waals surface area contributed by atoms with Crippen LogP contribution in [0.2, 0.25) is 0 Å². The average molecular weight is 521 g/mol. The van der Waals surface area contributed by atoms with E-state index in [9.17, 15) is 22.8 Å². The smallest absolute Gasteiger partial charge is 0.433 e. The van der Waals surface area contributed by atoms with E-state index in [1.54, 1.807) is 4.90 Å². The molecule has 0 spiro atoms. The molecule has 13 heteroatoms. The Hall–Kier alpha value is -3.74. The summed E-state index contributed by atoms with van der Waals surface area (Å²) in [6.45, 7) is 7.54. The molecule has 0 bridgehead atoms. The number of aromatic amines is 1. The molecule has 1 saturated heterocycles. The molecule has 1 amide bonds. The number of carbonyl (C=O) groups is 1. The molecule has 3 atom stereocenters. The fourth-order valence-electron chi connectivity index (χ4n) is 4.38. The molecule has 1 aliphatic rings. The van der Waals surface area contributed by atoms with Crippen LogP contribution in [0, 0.1) is 6.92 Å². The number of H-pyrrole nitrogens is 1. The van der Waals surface area contributed by atoms with E-state index < -0.39 is 23.5 Å². The maximum atomic E-state index is 13.9. The van der Waals surface area contributed by atoms with Crippen LogP contribution in [-0.2, 0) is 10.9 Å². The summed E-state index contributed by atoms with van der Waals surface area (Å²) in [5.41, 5.74) is -2.06. The van der Waals surface area contributed by atoms with Crippen molar-refractivity contribution in [2.24, 2.45) is 0 Å². The van der Waals surface area contributed by atoms with Crippen molar-refractivity contribution in [3.63, 3.8) is 0 Å². The number of fused-ring (bicyclic) bond motifs is 1. The molecule has 0 radical (unpaired) electrons. The van der Waals surface area contributed by atoms with E-state index in [4.69, 9.17) is 9.47 Å². The van der Waals surface area contributed by atoms with Crippen LogP contribution in [0.4, 0.5) is 19.0 Å². The quantitative estimate of drug-likeness (QED) is 0.525. The predicted octanol–water partition coefficient (Wildman–Crippen LogP) is 3.47. The van der Waals surface area contributed by atoms with Gasteiger partial charge >= 0.3 is 6.18 Å². The Morgan fingerprint density at radius 1 is 1.24 bits per heavy atom. The lowest BCUT2D eigenvalue weighted by Gasteiger charge is -2.35. The number of ether oxygens (including phenoxy) is 2. The van der Waals surface area contributed by atoms with Gasteiger partial charge in [-0.3, -0.25) is 9.59 Å². The number of halogens is 3. The molecular weight excluding hydrogens is 493 g/mol. The van der Waals surface area contributed by atoms with Gasteiger partial charge < -0.3 is 24.7 Å². The zero-order valence-electron chi connectivity index (χ0n) is 20.9. The van der Waals surface area contributed by atoms with Gasteiger partial charge in [-0.15, -0.1) is 0 Å². The summed E-state index contributed by atoms with van der Waals surface area (Å²) in [6, 6.07) is 1.62. The van der Waals surface area contributed by atoms with E-state index in [0.717, 1.165) is 6.07 Å². The van der Waals surface area contributed by atoms with Gasteiger partial charge in [0.05, 0.1) is 36.3 Å². The number of morpholine rings is 1. The second kappa shape index (κ2) is 9.96. The molecule has 198 valence electrons. The van der Waals surface area contributed by atoms with E-state index in [1.807, 2.05) is 13.8 Å². The zero-order valence-corrected chi connectivity index (χ0v) is 20.9. The van der Waals surface area contributed by atoms with Gasteiger partial charge in [-0.05, 0) is 39.8 Å². The third kappa shape index (κ3) is 5.50. The summed E-state index contributed by atoms with van der Waals surface area (Å²) in [5, 5.41) is 2.82. The topological polar surface area (TPSA) is 122 Å². The Labute approximate surface area is 210 Å². The first-order chi connectivity index (χ1) is 17.4. The van der Waals surface area contributed by atoms with Gasteiger partial charge in [0, 0.05) is 24.8 Å². The normalized spacial score (nSPS) is 19.1. The highest BCUT2D eigenvalue weighted by atomic mass is 19.4. The predicted molar refractivity (Wildman–Crippen MR) is 129 cm³/mol. The second-order valence-electron chi connectivity index (χ2n) is 9.05. The summed E-state index contributed by atoms with van der Waals surface area (Å²) >= 11 is 0. The lowest BCUT2D eigenvalue weighted by Crippen LogP contribution is -2.48. The first-order valence-corrected chi connectivity index (χ1v) is 11.6. The summed E-state index contributed by atoms with van der Waals surface area (Å²) in [7, 11) is 1.37. The molecule has 3 aromatic heterocycles. The van der Waals surface area contributed by atoms with Crippen molar-refractivity contribution in [2.75, 3.05) is 25.5 Å². The lowest BCUT2D eigenvalue weighted by atomic mass is 10.0. The summed E-state index contributed by atoms with van der Waals surface area (Å²) in [5.74, 6) is 0.193. The highest BCUT2D eigenvalue weighted by Gasteiger charge is 2.38. The van der Waals surface area contributed by atoms with Gasteiger partial charge in [-0.1, -0.05) is 0 Å². The van der Waals surface area contributed by atoms with Crippen LogP contribution < -0.4 is 15.6 Å². The number of carbonyl (C=O) groups excluding carboxylic acids is 1. The highest BCUT2D eigenvalue weighted by Crippen LogP contribution is 2.36. The van der Waals surface area contributed by atoms with Crippen molar-refractivity contribution in [1.82, 2.24) is 24.8 Å². The van der Waals surface area contributed by atoms with Crippen LogP contribution in [0.25, 0.3) is 11.0 Å². The minimum Gasteiger partial charge on any atom is -0.493 e. The van der Waals surface area contributed by atoms with Crippen molar-refractivity contribution in [3.05, 3.63) is 51.3 Å². The standard InChI is InChI=1S/C24H27F3N6O4/c1-11-9-33(10-12(2)37-11)23(35)15-6-18(36-5)21(28-8-15)29-13(3)16-7-17-20(30-14(4)31-22(17)34)32-19(16)24(25,26)27/h6-8,11-13H,9-10H2,1-5H3,(H,28,29)(H,30,31,32,34)/t11-,12+,13-/m0/s1. The Balaban J connectivity index is 1.66. The Morgan fingerprint density at radius 3 is 2.54 bits per heavy atom. The molecule has 0 unspecified atom stereocenters. The van der Waals surface area contributed by atoms with Gasteiger partial charge in [-0.2, -0.15) is 13.2 Å². The summed E-state index contributed by atoms with van der Waals surface area (Å²) in [6.07, 6.45) is -3.69. The van der Waals surface area contributed by atoms with Crippen LogP contribution in [0.15, 0.2) is 23.1 Å². The van der Waals surface area contributed by atoms with Crippen molar-refractivity contribution in [3.8, 4) is 5.75 Å². The third-order valence-electron chi connectivity index (χ3n) is 5.96. The summed E-state index contributed by atoms with van der Waals surface area (Å²) < 4.78 is 52.8. The van der Waals surface area contributed by atoms with Crippen LogP contribution in [-0.4, -0.2) is 63.2 Å². The largest absolute Gasteiger partial charge is 0.493 e. The van der Waals surface area contributed by atoms with E-state index in [1.165, 1.54) is 33.2 Å². The van der Waals surface area contributed by atoms with Crippen LogP contribution in [0.1, 0.15) is 54.3 Å². The Bertz CT molecular complexity index is 1380. The number of methoxy groups -OCH3 is 1. The van der Waals surface area contributed by atoms with Gasteiger partial charge in [-0.25, -0.2) is 15.0 Å². The van der Waals surface area contributed by atoms with Gasteiger partial charge in [0.1, 0.15) is 5.82 Å². The monoisotopic (exact) mass is 520 g/mol. The van der Waals surface area contributed by atoms with E-state index in [-0.39, 0.29) is 57.7 Å². The molecule has 4 rings (SSSR count). The van der Waals surface area contributed by atoms with Crippen LogP contribution in [0.3, 0.4) is 0 Å². The molecule has 37 heavy (non-hydrogen) atoms. The van der Waals surface area contributed by atoms with Crippen molar-refractivity contribution < 1.29 is 27.4 Å². The lowest BCUT2D eigenvalue weighted by molar-refractivity contribution is -0.141. The van der Waals surface area contributed by atoms with Crippen molar-refractivity contribution in [1.29, 1.82) is 0 Å². The second-order valence-corrected chi connectivity index (χ2v) is 9.05. The number of hydrogen-bond acceptors (Lipinski definition) is 8. The van der Waals surface area contributed by atoms with Crippen LogP contribution >= 0.6 is 0 Å². The molecule has 1 aliphatic heterocycles. The van der Waals surface area contributed by atoms with Crippen LogP contribution in [0.5, 0.6) is 5.75 Å². The van der Waals surface area contributed by atoms with Gasteiger partial charge in [0.15, 0.2) is 22.9 Å². The molecule has 10 nitrogen and oxygen atoms in total. The van der Waals surface area contributed by atoms with Gasteiger partial charge in [0.25, 0.3) is 11.5 Å². The number of nitrogens with one attached hydrogen (secondary N) is 2. The number of hydrogen-bond donors (Lipinski definition) is 2. The Kier molecular flexibility index (Phi) is 7.09. The number of aromatic nitrogens is 4. The van der Waals surface area contributed by atoms with E-state index in [2.05, 4.69) is 25.3 Å². The number of nitrogens with zero attached hydrogens (tertiary/aromatic N) is 4. The highest BCUT2D eigenvalue weighted by molar-refractivity contribution is 5.95. The molecule has 1 fully saturated rings. The number of aryl methyl sites for hydroxylation is 1. The van der Waals surface area contributed by atoms with E-state index in [0.29, 0.717) is 13.1 Å². The molecule has 0 aromatic carbocycles. The molecule has 2 N–H and O–H groups in total. The number of rotatable bonds is 5. The molecular formula is C24H27F3N6O4. The number of alkyl halides is 3. The molecule has 4 heterocycles. The maximum Gasteiger partial charge on any atom is 0.433 e. The fourth-order valence-corrected chi connectivity index (χ4v) is 4.38. The minimum atomic E-state index is -4.79. The zero-order chi connectivity index (χ0) is 27.1. The number of pyridine rings is 2. The maximum absolute atomic E-state index is 13.9. The molecule has 0 aliphatic carbocycles. The first kappa shape index (κ1) is 26.3. The van der Waals surface area contributed by atoms with Crippen molar-refractivity contribution >= 4 is 22.8 Å². The average Bonchev–Trinajstić information content (AvgIpc) is 2.81. The number of amides is 1. The number of anilines is 1. The van der Waals surface area contributed by atoms with Gasteiger partial charge in [0.2, 0.25) is 0 Å². The molecule has 0 saturated carbocycles. The molecule has 3 aromatic rings. The third-order valence-corrected chi connectivity index (χ3v) is 5.96. The minimum absolute atomic E-state index is 0.0721. The Morgan fingerprint density at radius 2 is 1.92 bits per heavy atom.